The van der Waals surface area contributed by atoms with E-state index in [9.17, 15) is 8.78 Å². The molecule has 0 amide bonds. The van der Waals surface area contributed by atoms with Gasteiger partial charge in [0.25, 0.3) is 0 Å². The lowest BCUT2D eigenvalue weighted by molar-refractivity contribution is 0.303. The van der Waals surface area contributed by atoms with E-state index in [2.05, 4.69) is 0 Å². The quantitative estimate of drug-likeness (QED) is 0.862. The fourth-order valence-corrected chi connectivity index (χ4v) is 1.93. The first-order chi connectivity index (χ1) is 10.0. The minimum absolute atomic E-state index is 0.171. The molecule has 0 aliphatic rings. The molecular formula is C15H13F2NO2S. The van der Waals surface area contributed by atoms with E-state index in [0.29, 0.717) is 11.3 Å². The van der Waals surface area contributed by atoms with Crippen molar-refractivity contribution in [2.75, 3.05) is 7.11 Å². The van der Waals surface area contributed by atoms with E-state index in [0.717, 1.165) is 17.7 Å². The van der Waals surface area contributed by atoms with Gasteiger partial charge < -0.3 is 15.2 Å². The van der Waals surface area contributed by atoms with Crippen LogP contribution in [0.1, 0.15) is 11.1 Å². The molecule has 2 aromatic rings. The molecule has 0 bridgehead atoms. The molecule has 0 saturated heterocycles. The molecule has 110 valence electrons. The Balaban J connectivity index is 2.14. The maximum absolute atomic E-state index is 13.1. The van der Waals surface area contributed by atoms with Gasteiger partial charge in [-0.15, -0.1) is 0 Å². The number of hydrogen-bond donors (Lipinski definition) is 1. The summed E-state index contributed by atoms with van der Waals surface area (Å²) in [5.41, 5.74) is 7.00. The fraction of sp³-hybridized carbons (Fsp3) is 0.133. The van der Waals surface area contributed by atoms with E-state index in [1.165, 1.54) is 13.2 Å². The SMILES string of the molecule is COc1ccc(COc2ccc(F)c(F)c2)cc1C(N)=S. The van der Waals surface area contributed by atoms with Crippen molar-refractivity contribution in [3.63, 3.8) is 0 Å². The highest BCUT2D eigenvalue weighted by Crippen LogP contribution is 2.22. The van der Waals surface area contributed by atoms with Gasteiger partial charge in [-0.1, -0.05) is 18.3 Å². The Morgan fingerprint density at radius 1 is 1.14 bits per heavy atom. The molecule has 0 unspecified atom stereocenters. The maximum Gasteiger partial charge on any atom is 0.162 e. The largest absolute Gasteiger partial charge is 0.496 e. The van der Waals surface area contributed by atoms with Crippen molar-refractivity contribution >= 4 is 17.2 Å². The van der Waals surface area contributed by atoms with Gasteiger partial charge in [-0.2, -0.15) is 0 Å². The first-order valence-corrected chi connectivity index (χ1v) is 6.46. The zero-order valence-corrected chi connectivity index (χ0v) is 12.0. The van der Waals surface area contributed by atoms with E-state index in [4.69, 9.17) is 27.4 Å². The van der Waals surface area contributed by atoms with Gasteiger partial charge in [-0.05, 0) is 29.8 Å². The number of ether oxygens (including phenoxy) is 2. The summed E-state index contributed by atoms with van der Waals surface area (Å²) in [6, 6.07) is 8.60. The van der Waals surface area contributed by atoms with E-state index in [-0.39, 0.29) is 17.3 Å². The normalized spacial score (nSPS) is 10.2. The van der Waals surface area contributed by atoms with Crippen LogP contribution in [-0.4, -0.2) is 12.1 Å². The lowest BCUT2D eigenvalue weighted by Crippen LogP contribution is -2.12. The predicted molar refractivity (Wildman–Crippen MR) is 79.6 cm³/mol. The Morgan fingerprint density at radius 2 is 1.90 bits per heavy atom. The van der Waals surface area contributed by atoms with Crippen LogP contribution in [0.2, 0.25) is 0 Å². The van der Waals surface area contributed by atoms with Gasteiger partial charge in [0.1, 0.15) is 23.1 Å². The molecule has 0 heterocycles. The zero-order valence-electron chi connectivity index (χ0n) is 11.2. The molecule has 2 N–H and O–H groups in total. The number of hydrogen-bond acceptors (Lipinski definition) is 3. The summed E-state index contributed by atoms with van der Waals surface area (Å²) < 4.78 is 36.4. The summed E-state index contributed by atoms with van der Waals surface area (Å²) in [6.07, 6.45) is 0. The molecule has 3 nitrogen and oxygen atoms in total. The van der Waals surface area contributed by atoms with Crippen molar-refractivity contribution in [2.24, 2.45) is 5.73 Å². The van der Waals surface area contributed by atoms with Crippen molar-refractivity contribution in [3.8, 4) is 11.5 Å². The monoisotopic (exact) mass is 309 g/mol. The van der Waals surface area contributed by atoms with Crippen molar-refractivity contribution in [2.45, 2.75) is 6.61 Å². The van der Waals surface area contributed by atoms with E-state index < -0.39 is 11.6 Å². The minimum atomic E-state index is -0.953. The highest BCUT2D eigenvalue weighted by molar-refractivity contribution is 7.80. The van der Waals surface area contributed by atoms with Crippen LogP contribution in [0, 0.1) is 11.6 Å². The van der Waals surface area contributed by atoms with Crippen molar-refractivity contribution in [1.29, 1.82) is 0 Å². The smallest absolute Gasteiger partial charge is 0.162 e. The van der Waals surface area contributed by atoms with Crippen LogP contribution >= 0.6 is 12.2 Å². The molecular weight excluding hydrogens is 296 g/mol. The van der Waals surface area contributed by atoms with Gasteiger partial charge >= 0.3 is 0 Å². The number of benzene rings is 2. The highest BCUT2D eigenvalue weighted by Gasteiger charge is 2.08. The van der Waals surface area contributed by atoms with Crippen LogP contribution in [0.3, 0.4) is 0 Å². The first-order valence-electron chi connectivity index (χ1n) is 6.06. The third kappa shape index (κ3) is 3.66. The van der Waals surface area contributed by atoms with E-state index in [1.807, 2.05) is 0 Å². The Bertz CT molecular complexity index is 677. The average molecular weight is 309 g/mol. The van der Waals surface area contributed by atoms with Gasteiger partial charge in [0.15, 0.2) is 11.6 Å². The molecule has 2 rings (SSSR count). The minimum Gasteiger partial charge on any atom is -0.496 e. The molecule has 21 heavy (non-hydrogen) atoms. The molecule has 0 spiro atoms. The number of nitrogens with two attached hydrogens (primary N) is 1. The second-order valence-electron chi connectivity index (χ2n) is 4.26. The third-order valence-corrected chi connectivity index (χ3v) is 3.05. The lowest BCUT2D eigenvalue weighted by atomic mass is 10.1. The van der Waals surface area contributed by atoms with Crippen molar-refractivity contribution in [3.05, 3.63) is 59.2 Å². The van der Waals surface area contributed by atoms with Crippen LogP contribution < -0.4 is 15.2 Å². The lowest BCUT2D eigenvalue weighted by Gasteiger charge is -2.11. The molecule has 0 aromatic heterocycles. The Kier molecular flexibility index (Phi) is 4.70. The summed E-state index contributed by atoms with van der Waals surface area (Å²) in [5.74, 6) is -1.06. The Labute approximate surface area is 126 Å². The number of thiocarbonyl (C=S) groups is 1. The number of methoxy groups -OCH3 is 1. The van der Waals surface area contributed by atoms with E-state index >= 15 is 0 Å². The molecule has 0 aliphatic carbocycles. The van der Waals surface area contributed by atoms with Crippen molar-refractivity contribution < 1.29 is 18.3 Å². The fourth-order valence-electron chi connectivity index (χ4n) is 1.77. The molecule has 0 radical (unpaired) electrons. The summed E-state index contributed by atoms with van der Waals surface area (Å²) >= 11 is 4.95. The topological polar surface area (TPSA) is 44.5 Å². The third-order valence-electron chi connectivity index (χ3n) is 2.83. The van der Waals surface area contributed by atoms with Crippen LogP contribution in [0.4, 0.5) is 8.78 Å². The molecule has 6 heteroatoms. The average Bonchev–Trinajstić information content (AvgIpc) is 2.48. The van der Waals surface area contributed by atoms with Gasteiger partial charge in [0, 0.05) is 6.07 Å². The predicted octanol–water partition coefficient (Wildman–Crippen LogP) is 3.19. The molecule has 0 atom stereocenters. The summed E-state index contributed by atoms with van der Waals surface area (Å²) in [4.78, 5) is 0.210. The van der Waals surface area contributed by atoms with Gasteiger partial charge in [0.05, 0.1) is 12.7 Å². The standard InChI is InChI=1S/C15H13F2NO2S/c1-19-14-5-2-9(6-11(14)15(18)21)8-20-10-3-4-12(16)13(17)7-10/h2-7H,8H2,1H3,(H2,18,21). The van der Waals surface area contributed by atoms with Crippen molar-refractivity contribution in [1.82, 2.24) is 0 Å². The van der Waals surface area contributed by atoms with Crippen LogP contribution in [0.5, 0.6) is 11.5 Å². The second-order valence-corrected chi connectivity index (χ2v) is 4.70. The first kappa shape index (κ1) is 15.2. The molecule has 0 saturated carbocycles. The molecule has 0 fully saturated rings. The summed E-state index contributed by atoms with van der Waals surface area (Å²) in [7, 11) is 1.52. The van der Waals surface area contributed by atoms with Gasteiger partial charge in [0.2, 0.25) is 0 Å². The molecule has 0 aliphatic heterocycles. The summed E-state index contributed by atoms with van der Waals surface area (Å²) in [6.45, 7) is 0.171. The Morgan fingerprint density at radius 3 is 2.52 bits per heavy atom. The van der Waals surface area contributed by atoms with E-state index in [1.54, 1.807) is 18.2 Å². The number of halogens is 2. The highest BCUT2D eigenvalue weighted by atomic mass is 32.1. The van der Waals surface area contributed by atoms with Crippen LogP contribution in [-0.2, 0) is 6.61 Å². The Hall–Kier alpha value is -2.21. The number of rotatable bonds is 5. The summed E-state index contributed by atoms with van der Waals surface area (Å²) in [5, 5.41) is 0. The van der Waals surface area contributed by atoms with Crippen LogP contribution in [0.25, 0.3) is 0 Å². The second kappa shape index (κ2) is 6.49. The maximum atomic E-state index is 13.1. The van der Waals surface area contributed by atoms with Gasteiger partial charge in [-0.3, -0.25) is 0 Å². The molecule has 2 aromatic carbocycles. The van der Waals surface area contributed by atoms with Gasteiger partial charge in [-0.25, -0.2) is 8.78 Å². The zero-order chi connectivity index (χ0) is 15.4. The van der Waals surface area contributed by atoms with Crippen LogP contribution in [0.15, 0.2) is 36.4 Å².